The Kier molecular flexibility index (Phi) is 8.54. The van der Waals surface area contributed by atoms with E-state index in [1.54, 1.807) is 12.3 Å². The Balaban J connectivity index is 2.90. The Morgan fingerprint density at radius 3 is 2.73 bits per heavy atom. The van der Waals surface area contributed by atoms with Gasteiger partial charge in [-0.25, -0.2) is 0 Å². The minimum atomic E-state index is 0.415. The molecular formula is C15H20BrN3O2S. The van der Waals surface area contributed by atoms with E-state index >= 15 is 0 Å². The van der Waals surface area contributed by atoms with Crippen LogP contribution in [-0.2, 0) is 0 Å². The van der Waals surface area contributed by atoms with Crippen LogP contribution in [0.4, 0.5) is 0 Å². The number of nitrogens with zero attached hydrogens (tertiary/aromatic N) is 1. The number of hydrazone groups is 1. The highest BCUT2D eigenvalue weighted by Crippen LogP contribution is 2.33. The lowest BCUT2D eigenvalue weighted by Gasteiger charge is -2.12. The van der Waals surface area contributed by atoms with Crippen molar-refractivity contribution < 1.29 is 9.47 Å². The molecule has 0 saturated heterocycles. The second-order valence-electron chi connectivity index (χ2n) is 4.08. The van der Waals surface area contributed by atoms with Crippen LogP contribution in [-0.4, -0.2) is 31.1 Å². The molecule has 0 aromatic heterocycles. The fourth-order valence-corrected chi connectivity index (χ4v) is 2.16. The smallest absolute Gasteiger partial charge is 0.186 e. The Morgan fingerprint density at radius 2 is 2.09 bits per heavy atom. The summed E-state index contributed by atoms with van der Waals surface area (Å²) in [5, 5.41) is 7.52. The number of benzene rings is 1. The van der Waals surface area contributed by atoms with Crippen LogP contribution in [0.15, 0.2) is 34.4 Å². The molecule has 1 aromatic rings. The average Bonchev–Trinajstić information content (AvgIpc) is 2.49. The number of ether oxygens (including phenoxy) is 2. The largest absolute Gasteiger partial charge is 0.490 e. The molecule has 0 bridgehead atoms. The van der Waals surface area contributed by atoms with Crippen LogP contribution in [0.3, 0.4) is 0 Å². The molecule has 0 aliphatic rings. The van der Waals surface area contributed by atoms with E-state index in [9.17, 15) is 0 Å². The summed E-state index contributed by atoms with van der Waals surface area (Å²) in [5.74, 6) is 1.31. The van der Waals surface area contributed by atoms with Gasteiger partial charge in [0.05, 0.1) is 12.8 Å². The van der Waals surface area contributed by atoms with Gasteiger partial charge in [0.15, 0.2) is 16.6 Å². The van der Waals surface area contributed by atoms with Gasteiger partial charge < -0.3 is 14.8 Å². The van der Waals surface area contributed by atoms with Crippen molar-refractivity contribution >= 4 is 39.5 Å². The average molecular weight is 386 g/mol. The maximum atomic E-state index is 5.60. The summed E-state index contributed by atoms with van der Waals surface area (Å²) in [6.45, 7) is 9.23. The molecule has 0 heterocycles. The highest BCUT2D eigenvalue weighted by molar-refractivity contribution is 9.10. The molecule has 0 unspecified atom stereocenters. The summed E-state index contributed by atoms with van der Waals surface area (Å²) in [5.41, 5.74) is 3.59. The molecule has 0 spiro atoms. The number of nitrogens with one attached hydrogen (secondary N) is 2. The Labute approximate surface area is 144 Å². The second-order valence-corrected chi connectivity index (χ2v) is 5.35. The molecule has 0 radical (unpaired) electrons. The van der Waals surface area contributed by atoms with Gasteiger partial charge >= 0.3 is 0 Å². The third-order valence-corrected chi connectivity index (χ3v) is 3.35. The molecule has 0 atom stereocenters. The van der Waals surface area contributed by atoms with Crippen molar-refractivity contribution in [2.75, 3.05) is 19.8 Å². The summed E-state index contributed by atoms with van der Waals surface area (Å²) in [7, 11) is 0. The van der Waals surface area contributed by atoms with Crippen LogP contribution in [0.5, 0.6) is 11.5 Å². The first-order valence-electron chi connectivity index (χ1n) is 6.89. The molecule has 22 heavy (non-hydrogen) atoms. The van der Waals surface area contributed by atoms with Crippen molar-refractivity contribution in [3.63, 3.8) is 0 Å². The van der Waals surface area contributed by atoms with E-state index in [1.165, 1.54) is 0 Å². The fourth-order valence-electron chi connectivity index (χ4n) is 1.54. The molecule has 0 aliphatic heterocycles. The van der Waals surface area contributed by atoms with Gasteiger partial charge in [0.25, 0.3) is 0 Å². The minimum Gasteiger partial charge on any atom is -0.490 e. The first-order chi connectivity index (χ1) is 10.6. The van der Waals surface area contributed by atoms with Crippen LogP contribution in [0, 0.1) is 0 Å². The standard InChI is InChI=1S/C15H20BrN3O2S/c1-4-7-21-14-9-12(16)11(8-13(14)20-6-3)10-18-19-15(22)17-5-2/h4,8-10H,1,5-7H2,2-3H3,(H2,17,19,22)/b18-10-. The van der Waals surface area contributed by atoms with Gasteiger partial charge in [0, 0.05) is 16.6 Å². The highest BCUT2D eigenvalue weighted by Gasteiger charge is 2.09. The molecule has 0 amide bonds. The van der Waals surface area contributed by atoms with Gasteiger partial charge in [-0.2, -0.15) is 5.10 Å². The van der Waals surface area contributed by atoms with Crippen LogP contribution >= 0.6 is 28.1 Å². The van der Waals surface area contributed by atoms with Crippen LogP contribution in [0.1, 0.15) is 19.4 Å². The molecule has 0 saturated carbocycles. The molecule has 0 fully saturated rings. The van der Waals surface area contributed by atoms with Gasteiger partial charge in [-0.3, -0.25) is 5.43 Å². The first-order valence-corrected chi connectivity index (χ1v) is 8.09. The summed E-state index contributed by atoms with van der Waals surface area (Å²) in [6, 6.07) is 3.70. The molecule has 2 N–H and O–H groups in total. The monoisotopic (exact) mass is 385 g/mol. The Morgan fingerprint density at radius 1 is 1.36 bits per heavy atom. The number of thiocarbonyl (C=S) groups is 1. The van der Waals surface area contributed by atoms with Gasteiger partial charge in [-0.05, 0) is 54.1 Å². The number of hydrogen-bond donors (Lipinski definition) is 2. The lowest BCUT2D eigenvalue weighted by molar-refractivity contribution is 0.296. The lowest BCUT2D eigenvalue weighted by atomic mass is 10.2. The summed E-state index contributed by atoms with van der Waals surface area (Å²) in [6.07, 6.45) is 3.35. The maximum Gasteiger partial charge on any atom is 0.186 e. The normalized spacial score (nSPS) is 10.3. The van der Waals surface area contributed by atoms with Crippen molar-refractivity contribution in [2.24, 2.45) is 5.10 Å². The minimum absolute atomic E-state index is 0.415. The maximum absolute atomic E-state index is 5.60. The molecule has 1 rings (SSSR count). The van der Waals surface area contributed by atoms with Crippen LogP contribution < -0.4 is 20.2 Å². The van der Waals surface area contributed by atoms with Crippen LogP contribution in [0.2, 0.25) is 0 Å². The molecule has 7 heteroatoms. The third-order valence-electron chi connectivity index (χ3n) is 2.43. The SMILES string of the molecule is C=CCOc1cc(Br)c(/C=N\NC(=S)NCC)cc1OCC. The Bertz CT molecular complexity index is 550. The number of halogens is 1. The zero-order valence-corrected chi connectivity index (χ0v) is 15.1. The molecule has 120 valence electrons. The molecular weight excluding hydrogens is 366 g/mol. The van der Waals surface area contributed by atoms with Crippen molar-refractivity contribution in [3.8, 4) is 11.5 Å². The van der Waals surface area contributed by atoms with E-state index in [0.717, 1.165) is 16.6 Å². The summed E-state index contributed by atoms with van der Waals surface area (Å²) in [4.78, 5) is 0. The number of rotatable bonds is 8. The van der Waals surface area contributed by atoms with Gasteiger partial charge in [0.2, 0.25) is 0 Å². The van der Waals surface area contributed by atoms with Gasteiger partial charge in [-0.1, -0.05) is 12.7 Å². The topological polar surface area (TPSA) is 54.9 Å². The highest BCUT2D eigenvalue weighted by atomic mass is 79.9. The zero-order valence-electron chi connectivity index (χ0n) is 12.7. The van der Waals surface area contributed by atoms with Crippen LogP contribution in [0.25, 0.3) is 0 Å². The predicted molar refractivity (Wildman–Crippen MR) is 98.0 cm³/mol. The lowest BCUT2D eigenvalue weighted by Crippen LogP contribution is -2.31. The van der Waals surface area contributed by atoms with E-state index in [1.807, 2.05) is 26.0 Å². The van der Waals surface area contributed by atoms with Crippen molar-refractivity contribution in [1.82, 2.24) is 10.7 Å². The van der Waals surface area contributed by atoms with Crippen molar-refractivity contribution in [2.45, 2.75) is 13.8 Å². The summed E-state index contributed by atoms with van der Waals surface area (Å²) < 4.78 is 12.0. The zero-order chi connectivity index (χ0) is 16.4. The molecule has 5 nitrogen and oxygen atoms in total. The Hall–Kier alpha value is -1.60. The van der Waals surface area contributed by atoms with E-state index in [2.05, 4.69) is 38.4 Å². The van der Waals surface area contributed by atoms with Crippen molar-refractivity contribution in [1.29, 1.82) is 0 Å². The summed E-state index contributed by atoms with van der Waals surface area (Å²) >= 11 is 8.53. The van der Waals surface area contributed by atoms with Crippen molar-refractivity contribution in [3.05, 3.63) is 34.8 Å². The van der Waals surface area contributed by atoms with E-state index < -0.39 is 0 Å². The predicted octanol–water partition coefficient (Wildman–Crippen LogP) is 3.23. The quantitative estimate of drug-likeness (QED) is 0.311. The third kappa shape index (κ3) is 6.03. The van der Waals surface area contributed by atoms with E-state index in [-0.39, 0.29) is 0 Å². The first kappa shape index (κ1) is 18.4. The molecule has 1 aromatic carbocycles. The second kappa shape index (κ2) is 10.2. The van der Waals surface area contributed by atoms with Gasteiger partial charge in [0.1, 0.15) is 6.61 Å². The number of hydrogen-bond acceptors (Lipinski definition) is 4. The van der Waals surface area contributed by atoms with E-state index in [4.69, 9.17) is 21.7 Å². The van der Waals surface area contributed by atoms with Gasteiger partial charge in [-0.15, -0.1) is 0 Å². The molecule has 0 aliphatic carbocycles. The van der Waals surface area contributed by atoms with E-state index in [0.29, 0.717) is 29.8 Å². The fraction of sp³-hybridized carbons (Fsp3) is 0.333.